The van der Waals surface area contributed by atoms with Gasteiger partial charge in [-0.05, 0) is 108 Å². The molecule has 10 rings (SSSR count). The lowest BCUT2D eigenvalue weighted by molar-refractivity contribution is -0.152. The first kappa shape index (κ1) is 47.0. The molecule has 3 aliphatic rings. The van der Waals surface area contributed by atoms with Crippen molar-refractivity contribution in [2.75, 3.05) is 49.2 Å². The van der Waals surface area contributed by atoms with Crippen molar-refractivity contribution in [1.29, 1.82) is 0 Å². The molecule has 2 saturated heterocycles. The lowest BCUT2D eigenvalue weighted by atomic mass is 9.88. The predicted molar refractivity (Wildman–Crippen MR) is 266 cm³/mol. The van der Waals surface area contributed by atoms with Crippen molar-refractivity contribution >= 4 is 45.2 Å². The maximum Gasteiger partial charge on any atom is 0.309 e. The highest BCUT2D eigenvalue weighted by Crippen LogP contribution is 2.28. The summed E-state index contributed by atoms with van der Waals surface area (Å²) < 4.78 is 5.22. The Balaban J connectivity index is 0.000000139. The first-order chi connectivity index (χ1) is 32.9. The molecule has 4 heterocycles. The molecular formula is C56H62N6O5. The zero-order valence-electron chi connectivity index (χ0n) is 38.3. The Hall–Kier alpha value is -6.56. The molecule has 0 spiro atoms. The van der Waals surface area contributed by atoms with Gasteiger partial charge in [-0.1, -0.05) is 110 Å². The SMILES string of the molecule is O=C1CCC[C@H](C(=O)OCc2ccccc2)C1.OC[C@H]1CCCCN(c2nccc(-c3ccc4ccccc4c3)n2)C1.OC[C@H]1CCCN(c2nccc(-c3ccc4ccccc4c3)n2)CC1. The molecule has 11 nitrogen and oxygen atoms in total. The van der Waals surface area contributed by atoms with Crippen LogP contribution in [0.15, 0.2) is 140 Å². The number of carbonyl (C=O) groups excluding carboxylic acids is 2. The summed E-state index contributed by atoms with van der Waals surface area (Å²) in [7, 11) is 0. The van der Waals surface area contributed by atoms with Crippen molar-refractivity contribution in [3.63, 3.8) is 0 Å². The molecule has 5 aromatic carbocycles. The van der Waals surface area contributed by atoms with Crippen LogP contribution in [-0.2, 0) is 20.9 Å². The van der Waals surface area contributed by atoms with E-state index in [4.69, 9.17) is 14.7 Å². The van der Waals surface area contributed by atoms with Crippen LogP contribution in [0.3, 0.4) is 0 Å². The number of Topliss-reactive ketones (excluding diaryl/α,β-unsaturated/α-hetero) is 1. The Bertz CT molecular complexity index is 2700. The summed E-state index contributed by atoms with van der Waals surface area (Å²) in [4.78, 5) is 46.1. The minimum atomic E-state index is -0.234. The fraction of sp³-hybridized carbons (Fsp3) is 0.357. The number of fused-ring (bicyclic) bond motifs is 2. The first-order valence-corrected chi connectivity index (χ1v) is 24.0. The number of carbonyl (C=O) groups is 2. The largest absolute Gasteiger partial charge is 0.461 e. The standard InChI is InChI=1S/2C21H23N3O.C14H16O3/c25-15-16-5-3-4-12-24(14-16)21-22-11-10-20(23-21)19-9-8-17-6-1-2-7-18(17)13-19;25-15-16-4-3-12-24(13-10-16)21-22-11-9-20(23-21)19-8-7-17-5-1-2-6-18(17)14-19;15-13-8-4-7-12(9-13)14(16)17-10-11-5-2-1-3-6-11/h1-2,6-11,13,16,25H,3-5,12,14-15H2;1-2,5-9,11,14,16,25H,3-4,10,12-13,15H2;1-3,5-6,12H,4,7-10H2/t2*16-;12-/m000/s1. The average Bonchev–Trinajstić information content (AvgIpc) is 3.80. The molecule has 346 valence electrons. The van der Waals surface area contributed by atoms with Crippen LogP contribution >= 0.6 is 0 Å². The highest BCUT2D eigenvalue weighted by atomic mass is 16.5. The molecule has 0 radical (unpaired) electrons. The monoisotopic (exact) mass is 898 g/mol. The van der Waals surface area contributed by atoms with Crippen molar-refractivity contribution in [2.45, 2.75) is 70.8 Å². The van der Waals surface area contributed by atoms with E-state index in [1.807, 2.05) is 54.9 Å². The van der Waals surface area contributed by atoms with Gasteiger partial charge in [0.2, 0.25) is 11.9 Å². The topological polar surface area (TPSA) is 142 Å². The number of ketones is 1. The van der Waals surface area contributed by atoms with Gasteiger partial charge in [0.25, 0.3) is 0 Å². The zero-order valence-corrected chi connectivity index (χ0v) is 38.3. The third-order valence-corrected chi connectivity index (χ3v) is 13.1. The predicted octanol–water partition coefficient (Wildman–Crippen LogP) is 10.3. The van der Waals surface area contributed by atoms with E-state index in [-0.39, 0.29) is 30.9 Å². The van der Waals surface area contributed by atoms with Gasteiger partial charge < -0.3 is 24.7 Å². The minimum Gasteiger partial charge on any atom is -0.461 e. The lowest BCUT2D eigenvalue weighted by Crippen LogP contribution is -2.31. The highest BCUT2D eigenvalue weighted by Gasteiger charge is 2.27. The van der Waals surface area contributed by atoms with E-state index in [2.05, 4.69) is 105 Å². The van der Waals surface area contributed by atoms with Gasteiger partial charge in [0.15, 0.2) is 0 Å². The van der Waals surface area contributed by atoms with E-state index in [9.17, 15) is 19.8 Å². The van der Waals surface area contributed by atoms with Gasteiger partial charge in [-0.3, -0.25) is 9.59 Å². The number of esters is 1. The van der Waals surface area contributed by atoms with Crippen molar-refractivity contribution in [3.05, 3.63) is 145 Å². The molecule has 3 fully saturated rings. The van der Waals surface area contributed by atoms with Crippen LogP contribution in [0.1, 0.15) is 69.8 Å². The fourth-order valence-electron chi connectivity index (χ4n) is 9.20. The molecule has 7 aromatic rings. The number of aliphatic hydroxyl groups excluding tert-OH is 2. The maximum absolute atomic E-state index is 11.7. The van der Waals surface area contributed by atoms with Gasteiger partial charge in [0.1, 0.15) is 12.4 Å². The average molecular weight is 899 g/mol. The van der Waals surface area contributed by atoms with Gasteiger partial charge in [-0.25, -0.2) is 19.9 Å². The number of hydrogen-bond acceptors (Lipinski definition) is 11. The second-order valence-electron chi connectivity index (χ2n) is 18.0. The van der Waals surface area contributed by atoms with Crippen LogP contribution < -0.4 is 9.80 Å². The zero-order chi connectivity index (χ0) is 46.2. The number of hydrogen-bond donors (Lipinski definition) is 2. The van der Waals surface area contributed by atoms with Gasteiger partial charge >= 0.3 is 5.97 Å². The van der Waals surface area contributed by atoms with Crippen LogP contribution in [0.2, 0.25) is 0 Å². The second kappa shape index (κ2) is 23.8. The number of rotatable bonds is 9. The third kappa shape index (κ3) is 13.1. The number of ether oxygens (including phenoxy) is 1. The van der Waals surface area contributed by atoms with Crippen LogP contribution in [0, 0.1) is 17.8 Å². The van der Waals surface area contributed by atoms with Crippen molar-refractivity contribution in [1.82, 2.24) is 19.9 Å². The van der Waals surface area contributed by atoms with Crippen molar-refractivity contribution in [3.8, 4) is 22.5 Å². The molecule has 1 saturated carbocycles. The Morgan fingerprint density at radius 3 is 1.79 bits per heavy atom. The Morgan fingerprint density at radius 1 is 0.582 bits per heavy atom. The Labute approximate surface area is 393 Å². The molecular weight excluding hydrogens is 837 g/mol. The summed E-state index contributed by atoms with van der Waals surface area (Å²) in [6, 6.07) is 43.1. The van der Waals surface area contributed by atoms with Crippen molar-refractivity contribution in [2.24, 2.45) is 17.8 Å². The Kier molecular flexibility index (Phi) is 16.6. The number of aliphatic hydroxyl groups is 2. The maximum atomic E-state index is 11.7. The number of anilines is 2. The molecule has 2 N–H and O–H groups in total. The molecule has 1 aliphatic carbocycles. The molecule has 3 atom stereocenters. The third-order valence-electron chi connectivity index (χ3n) is 13.1. The molecule has 0 bridgehead atoms. The minimum absolute atomic E-state index is 0.179. The van der Waals surface area contributed by atoms with Gasteiger partial charge in [0.05, 0.1) is 17.3 Å². The quantitative estimate of drug-likeness (QED) is 0.134. The van der Waals surface area contributed by atoms with Crippen LogP contribution in [0.4, 0.5) is 11.9 Å². The second-order valence-corrected chi connectivity index (χ2v) is 18.0. The summed E-state index contributed by atoms with van der Waals surface area (Å²) >= 11 is 0. The van der Waals surface area contributed by atoms with E-state index in [0.717, 1.165) is 118 Å². The van der Waals surface area contributed by atoms with Crippen molar-refractivity contribution < 1.29 is 24.5 Å². The van der Waals surface area contributed by atoms with Gasteiger partial charge in [-0.15, -0.1) is 0 Å². The number of nitrogens with zero attached hydrogens (tertiary/aromatic N) is 6. The van der Waals surface area contributed by atoms with Gasteiger partial charge in [0, 0.05) is 75.8 Å². The van der Waals surface area contributed by atoms with E-state index in [0.29, 0.717) is 31.3 Å². The molecule has 11 heteroatoms. The normalized spacial score (nSPS) is 18.7. The molecule has 2 aromatic heterocycles. The smallest absolute Gasteiger partial charge is 0.309 e. The van der Waals surface area contributed by atoms with Crippen LogP contribution in [-0.4, -0.2) is 81.3 Å². The summed E-state index contributed by atoms with van der Waals surface area (Å²) in [5, 5.41) is 23.9. The summed E-state index contributed by atoms with van der Waals surface area (Å²) in [5.41, 5.74) is 5.10. The fourth-order valence-corrected chi connectivity index (χ4v) is 9.20. The molecule has 0 unspecified atom stereocenters. The molecule has 67 heavy (non-hydrogen) atoms. The van der Waals surface area contributed by atoms with Crippen LogP contribution in [0.5, 0.6) is 0 Å². The number of aromatic nitrogens is 4. The Morgan fingerprint density at radius 2 is 1.16 bits per heavy atom. The molecule has 2 aliphatic heterocycles. The summed E-state index contributed by atoms with van der Waals surface area (Å²) in [6.07, 6.45) is 12.8. The van der Waals surface area contributed by atoms with E-state index in [1.54, 1.807) is 0 Å². The van der Waals surface area contributed by atoms with E-state index >= 15 is 0 Å². The summed E-state index contributed by atoms with van der Waals surface area (Å²) in [6.45, 7) is 4.47. The van der Waals surface area contributed by atoms with Gasteiger partial charge in [-0.2, -0.15) is 0 Å². The van der Waals surface area contributed by atoms with E-state index < -0.39 is 0 Å². The molecule has 0 amide bonds. The van der Waals surface area contributed by atoms with Crippen LogP contribution in [0.25, 0.3) is 44.1 Å². The lowest BCUT2D eigenvalue weighted by Gasteiger charge is -2.23. The number of benzene rings is 5. The van der Waals surface area contributed by atoms with E-state index in [1.165, 1.54) is 21.5 Å². The first-order valence-electron chi connectivity index (χ1n) is 24.0. The summed E-state index contributed by atoms with van der Waals surface area (Å²) in [5.74, 6) is 2.01. The highest BCUT2D eigenvalue weighted by molar-refractivity contribution is 5.88.